The van der Waals surface area contributed by atoms with Crippen LogP contribution < -0.4 is 21.9 Å². The number of hydrogen-bond donors (Lipinski definition) is 0. The molecular weight excluding hydrogens is 428 g/mol. The molecule has 2 aromatic carbocycles. The van der Waals surface area contributed by atoms with Crippen molar-refractivity contribution in [1.82, 2.24) is 0 Å². The van der Waals surface area contributed by atoms with Crippen LogP contribution in [0.15, 0.2) is 60.7 Å². The molecule has 0 N–H and O–H groups in total. The van der Waals surface area contributed by atoms with Crippen molar-refractivity contribution in [3.63, 3.8) is 0 Å². The lowest BCUT2D eigenvalue weighted by atomic mass is 9.83. The maximum Gasteiger partial charge on any atom is 0.415 e. The monoisotopic (exact) mass is 456 g/mol. The first-order valence-electron chi connectivity index (χ1n) is 10.7. The van der Waals surface area contributed by atoms with Gasteiger partial charge in [-0.05, 0) is 17.7 Å². The van der Waals surface area contributed by atoms with Crippen molar-refractivity contribution in [1.29, 1.82) is 0 Å². The molecule has 1 aliphatic carbocycles. The summed E-state index contributed by atoms with van der Waals surface area (Å²) < 4.78 is 7.40. The van der Waals surface area contributed by atoms with E-state index in [-0.39, 0.29) is 29.2 Å². The fourth-order valence-electron chi connectivity index (χ4n) is 5.26. The van der Waals surface area contributed by atoms with E-state index in [4.69, 9.17) is 4.74 Å². The quantitative estimate of drug-likeness (QED) is 0.639. The Labute approximate surface area is 183 Å². The molecule has 1 amide bonds. The molecule has 2 aromatic rings. The second kappa shape index (κ2) is 8.49. The second-order valence-corrected chi connectivity index (χ2v) is 8.75. The number of halogens is 1. The van der Waals surface area contributed by atoms with E-state index in [9.17, 15) is 4.79 Å². The molecule has 1 atom stereocenters. The average molecular weight is 457 g/mol. The van der Waals surface area contributed by atoms with Gasteiger partial charge in [-0.1, -0.05) is 48.5 Å². The zero-order valence-corrected chi connectivity index (χ0v) is 18.3. The Morgan fingerprint density at radius 1 is 0.931 bits per heavy atom. The minimum absolute atomic E-state index is 0. The normalized spacial score (nSPS) is 27.7. The van der Waals surface area contributed by atoms with Gasteiger partial charge < -0.3 is 26.2 Å². The molecule has 154 valence electrons. The predicted octanol–water partition coefficient (Wildman–Crippen LogP) is 1.61. The van der Waals surface area contributed by atoms with E-state index in [2.05, 4.69) is 12.1 Å². The number of anilines is 1. The number of rotatable bonds is 5. The number of hydrogen-bond acceptors (Lipinski definition) is 2. The van der Waals surface area contributed by atoms with Crippen LogP contribution in [0.3, 0.4) is 0 Å². The van der Waals surface area contributed by atoms with Gasteiger partial charge in [0.25, 0.3) is 0 Å². The molecule has 6 rings (SSSR count). The maximum atomic E-state index is 13.3. The Morgan fingerprint density at radius 2 is 1.55 bits per heavy atom. The van der Waals surface area contributed by atoms with Gasteiger partial charge in [-0.3, -0.25) is 4.90 Å². The van der Waals surface area contributed by atoms with Crippen molar-refractivity contribution >= 4 is 11.8 Å². The van der Waals surface area contributed by atoms with Gasteiger partial charge in [-0.25, -0.2) is 4.79 Å². The van der Waals surface area contributed by atoms with Gasteiger partial charge >= 0.3 is 6.09 Å². The van der Waals surface area contributed by atoms with Crippen molar-refractivity contribution in [3.05, 3.63) is 66.2 Å². The summed E-state index contributed by atoms with van der Waals surface area (Å²) in [5.41, 5.74) is 2.00. The summed E-state index contributed by atoms with van der Waals surface area (Å²) in [6.45, 7) is 4.13. The molecule has 4 nitrogen and oxygen atoms in total. The highest BCUT2D eigenvalue weighted by molar-refractivity contribution is 5.87. The zero-order valence-electron chi connectivity index (χ0n) is 16.8. The molecule has 3 saturated heterocycles. The topological polar surface area (TPSA) is 29.5 Å². The Morgan fingerprint density at radius 3 is 2.17 bits per heavy atom. The van der Waals surface area contributed by atoms with Crippen LogP contribution in [0.5, 0.6) is 0 Å². The van der Waals surface area contributed by atoms with Crippen LogP contribution in [0.4, 0.5) is 10.5 Å². The van der Waals surface area contributed by atoms with Crippen LogP contribution in [0.25, 0.3) is 0 Å². The molecule has 3 aliphatic heterocycles. The van der Waals surface area contributed by atoms with Crippen molar-refractivity contribution in [2.45, 2.75) is 44.4 Å². The molecule has 2 bridgehead atoms. The van der Waals surface area contributed by atoms with Crippen LogP contribution in [-0.2, 0) is 11.3 Å². The van der Waals surface area contributed by atoms with Gasteiger partial charge in [-0.2, -0.15) is 0 Å². The summed E-state index contributed by atoms with van der Waals surface area (Å²) in [5.74, 6) is 0.539. The zero-order chi connectivity index (χ0) is 19.0. The van der Waals surface area contributed by atoms with E-state index in [1.54, 1.807) is 4.90 Å². The van der Waals surface area contributed by atoms with Gasteiger partial charge in [-0.15, -0.1) is 0 Å². The molecular formula is C24H29BrN2O2. The molecule has 4 aliphatic rings. The molecule has 0 aromatic heterocycles. The summed E-state index contributed by atoms with van der Waals surface area (Å²) >= 11 is 0. The van der Waals surface area contributed by atoms with Gasteiger partial charge in [0, 0.05) is 37.3 Å². The van der Waals surface area contributed by atoms with Crippen LogP contribution in [0, 0.1) is 5.92 Å². The number of nitrogens with zero attached hydrogens (tertiary/aromatic N) is 2. The SMILES string of the molecule is O=C(O[C@H]1C[N+]2(C3CC3)CCC1CC2)N(Cc1ccccc1)c1ccccc1.[Br-]. The van der Waals surface area contributed by atoms with E-state index in [1.807, 2.05) is 48.5 Å². The van der Waals surface area contributed by atoms with Crippen LogP contribution in [-0.4, -0.2) is 42.4 Å². The smallest absolute Gasteiger partial charge is 0.415 e. The van der Waals surface area contributed by atoms with Crippen LogP contribution in [0.2, 0.25) is 0 Å². The average Bonchev–Trinajstić information content (AvgIpc) is 3.60. The number of ether oxygens (including phenoxy) is 1. The number of para-hydroxylation sites is 1. The summed E-state index contributed by atoms with van der Waals surface area (Å²) in [6.07, 6.45) is 4.99. The lowest BCUT2D eigenvalue weighted by molar-refractivity contribution is -0.955. The third-order valence-electron chi connectivity index (χ3n) is 7.01. The first-order valence-corrected chi connectivity index (χ1v) is 10.7. The molecule has 5 heteroatoms. The van der Waals surface area contributed by atoms with E-state index >= 15 is 0 Å². The van der Waals surface area contributed by atoms with Crippen molar-refractivity contribution < 1.29 is 31.0 Å². The fraction of sp³-hybridized carbons (Fsp3) is 0.458. The largest absolute Gasteiger partial charge is 1.00 e. The van der Waals surface area contributed by atoms with E-state index in [0.717, 1.165) is 23.8 Å². The van der Waals surface area contributed by atoms with Crippen molar-refractivity contribution in [2.24, 2.45) is 5.92 Å². The number of fused-ring (bicyclic) bond motifs is 3. The first kappa shape index (κ1) is 20.4. The standard InChI is InChI=1S/C24H29N2O2.BrH/c27-24(28-23-18-26(22-11-12-22)15-13-20(23)14-16-26)25(21-9-5-2-6-10-21)17-19-7-3-1-4-8-19;/h1-10,20,22-23H,11-18H2;1H/q+1;/p-1/t20?,23-,26?;/m0./s1. The Balaban J connectivity index is 0.00000205. The molecule has 29 heavy (non-hydrogen) atoms. The summed E-state index contributed by atoms with van der Waals surface area (Å²) in [5, 5.41) is 0. The molecule has 4 fully saturated rings. The van der Waals surface area contributed by atoms with Crippen LogP contribution >= 0.6 is 0 Å². The second-order valence-electron chi connectivity index (χ2n) is 8.75. The Kier molecular flexibility index (Phi) is 5.98. The Bertz CT molecular complexity index is 817. The number of amides is 1. The van der Waals surface area contributed by atoms with Crippen LogP contribution in [0.1, 0.15) is 31.2 Å². The lowest BCUT2D eigenvalue weighted by Crippen LogP contribution is -3.00. The summed E-state index contributed by atoms with van der Waals surface area (Å²) in [7, 11) is 0. The first-order chi connectivity index (χ1) is 13.7. The number of carbonyl (C=O) groups is 1. The maximum absolute atomic E-state index is 13.3. The molecule has 1 saturated carbocycles. The van der Waals surface area contributed by atoms with Gasteiger partial charge in [0.05, 0.1) is 25.7 Å². The minimum atomic E-state index is -0.206. The molecule has 0 spiro atoms. The van der Waals surface area contributed by atoms with E-state index in [1.165, 1.54) is 43.3 Å². The highest BCUT2D eigenvalue weighted by Crippen LogP contribution is 2.44. The third kappa shape index (κ3) is 4.22. The molecule has 3 heterocycles. The summed E-state index contributed by atoms with van der Waals surface area (Å²) in [6, 6.07) is 20.9. The number of quaternary nitrogens is 1. The number of piperidine rings is 3. The number of benzene rings is 2. The third-order valence-corrected chi connectivity index (χ3v) is 7.01. The van der Waals surface area contributed by atoms with Crippen molar-refractivity contribution in [2.75, 3.05) is 24.5 Å². The van der Waals surface area contributed by atoms with E-state index < -0.39 is 0 Å². The summed E-state index contributed by atoms with van der Waals surface area (Å²) in [4.78, 5) is 15.1. The molecule has 0 unspecified atom stereocenters. The highest BCUT2D eigenvalue weighted by atomic mass is 79.9. The predicted molar refractivity (Wildman–Crippen MR) is 110 cm³/mol. The lowest BCUT2D eigenvalue weighted by Gasteiger charge is -2.52. The van der Waals surface area contributed by atoms with Gasteiger partial charge in [0.2, 0.25) is 0 Å². The molecule has 0 radical (unpaired) electrons. The minimum Gasteiger partial charge on any atom is -1.00 e. The van der Waals surface area contributed by atoms with Gasteiger partial charge in [0.15, 0.2) is 6.10 Å². The number of carbonyl (C=O) groups excluding carboxylic acids is 1. The van der Waals surface area contributed by atoms with Crippen molar-refractivity contribution in [3.8, 4) is 0 Å². The Hall–Kier alpha value is -1.85. The van der Waals surface area contributed by atoms with Gasteiger partial charge in [0.1, 0.15) is 6.54 Å². The highest BCUT2D eigenvalue weighted by Gasteiger charge is 2.54. The fourth-order valence-corrected chi connectivity index (χ4v) is 5.26. The van der Waals surface area contributed by atoms with E-state index in [0.29, 0.717) is 12.5 Å².